The summed E-state index contributed by atoms with van der Waals surface area (Å²) in [7, 11) is 0. The van der Waals surface area contributed by atoms with Gasteiger partial charge in [0.05, 0.1) is 34.1 Å². The van der Waals surface area contributed by atoms with Crippen LogP contribution in [0, 0.1) is 20.8 Å². The first-order chi connectivity index (χ1) is 25.0. The van der Waals surface area contributed by atoms with Crippen LogP contribution in [0.15, 0.2) is 91.0 Å². The molecular weight excluding hydrogens is 684 g/mol. The standard InChI is InChI=1S/C42H54N6O6/c1-28-13-19-34(20-14-28)46(37(49)52-40(4,5)6)43-31-25-32(44-47(38(50)53-41(7,8)9)35-21-15-29(2)16-22-35)27-33(26-31)45-48(39(51)54-42(10,11)12)36-23-17-30(3)18-24-36/h13-27,43-45H,1-12H3. The van der Waals surface area contributed by atoms with E-state index < -0.39 is 35.1 Å². The SMILES string of the molecule is Cc1ccc(N(Nc2cc(NN(C(=O)OC(C)(C)C)c3ccc(C)cc3)cc(NN(C(=O)OC(C)(C)C)c3ccc(C)cc3)c2)C(=O)OC(C)(C)C)cc1. The fraction of sp³-hybridized carbons (Fsp3) is 0.357. The smallest absolute Gasteiger partial charge is 0.433 e. The van der Waals surface area contributed by atoms with Crippen LogP contribution < -0.4 is 31.3 Å². The lowest BCUT2D eigenvalue weighted by molar-refractivity contribution is 0.0578. The zero-order valence-electron chi connectivity index (χ0n) is 33.5. The van der Waals surface area contributed by atoms with Gasteiger partial charge in [-0.2, -0.15) is 15.0 Å². The van der Waals surface area contributed by atoms with E-state index in [4.69, 9.17) is 14.2 Å². The second-order valence-electron chi connectivity index (χ2n) is 16.1. The van der Waals surface area contributed by atoms with Crippen LogP contribution in [-0.4, -0.2) is 35.1 Å². The molecule has 0 aromatic heterocycles. The molecule has 288 valence electrons. The number of benzene rings is 4. The van der Waals surface area contributed by atoms with E-state index in [2.05, 4.69) is 16.3 Å². The van der Waals surface area contributed by atoms with Gasteiger partial charge in [-0.05, 0) is 138 Å². The minimum atomic E-state index is -0.790. The van der Waals surface area contributed by atoms with E-state index in [9.17, 15) is 14.4 Å². The lowest BCUT2D eigenvalue weighted by Crippen LogP contribution is -2.42. The fourth-order valence-electron chi connectivity index (χ4n) is 4.86. The molecule has 0 saturated heterocycles. The number of anilines is 6. The Hall–Kier alpha value is -5.91. The highest BCUT2D eigenvalue weighted by atomic mass is 16.6. The molecular formula is C42H54N6O6. The monoisotopic (exact) mass is 738 g/mol. The van der Waals surface area contributed by atoms with Gasteiger partial charge in [0.25, 0.3) is 0 Å². The molecule has 12 nitrogen and oxygen atoms in total. The summed E-state index contributed by atoms with van der Waals surface area (Å²) in [5.74, 6) is 0. The second kappa shape index (κ2) is 16.4. The van der Waals surface area contributed by atoms with Crippen molar-refractivity contribution >= 4 is 52.4 Å². The Morgan fingerprint density at radius 3 is 0.796 bits per heavy atom. The third kappa shape index (κ3) is 12.4. The van der Waals surface area contributed by atoms with Gasteiger partial charge < -0.3 is 14.2 Å². The maximum Gasteiger partial charge on any atom is 0.433 e. The number of ether oxygens (including phenoxy) is 3. The van der Waals surface area contributed by atoms with E-state index in [1.165, 1.54) is 15.0 Å². The van der Waals surface area contributed by atoms with Gasteiger partial charge in [0.1, 0.15) is 16.8 Å². The van der Waals surface area contributed by atoms with Gasteiger partial charge in [-0.3, -0.25) is 16.3 Å². The molecule has 0 saturated carbocycles. The molecule has 0 heterocycles. The highest BCUT2D eigenvalue weighted by molar-refractivity contribution is 5.94. The molecule has 3 amide bonds. The van der Waals surface area contributed by atoms with Crippen molar-refractivity contribution in [2.75, 3.05) is 31.3 Å². The van der Waals surface area contributed by atoms with Crippen LogP contribution >= 0.6 is 0 Å². The van der Waals surface area contributed by atoms with E-state index in [0.717, 1.165) is 16.7 Å². The van der Waals surface area contributed by atoms with Gasteiger partial charge in [0.2, 0.25) is 0 Å². The number of nitrogens with one attached hydrogen (secondary N) is 3. The Morgan fingerprint density at radius 1 is 0.407 bits per heavy atom. The number of rotatable bonds is 9. The molecule has 0 fully saturated rings. The van der Waals surface area contributed by atoms with Crippen molar-refractivity contribution in [2.45, 2.75) is 99.9 Å². The van der Waals surface area contributed by atoms with Gasteiger partial charge in [-0.25, -0.2) is 14.4 Å². The van der Waals surface area contributed by atoms with Crippen molar-refractivity contribution in [2.24, 2.45) is 0 Å². The first-order valence-electron chi connectivity index (χ1n) is 17.8. The summed E-state index contributed by atoms with van der Waals surface area (Å²) >= 11 is 0. The molecule has 0 aliphatic rings. The van der Waals surface area contributed by atoms with Crippen LogP contribution in [-0.2, 0) is 14.2 Å². The van der Waals surface area contributed by atoms with Crippen molar-refractivity contribution in [3.63, 3.8) is 0 Å². The quantitative estimate of drug-likeness (QED) is 0.114. The fourth-order valence-corrected chi connectivity index (χ4v) is 4.86. The topological polar surface area (TPSA) is 125 Å². The molecule has 0 spiro atoms. The summed E-state index contributed by atoms with van der Waals surface area (Å²) in [6.45, 7) is 22.0. The number of carbonyl (C=O) groups is 3. The highest BCUT2D eigenvalue weighted by Gasteiger charge is 2.28. The molecule has 0 aliphatic heterocycles. The normalized spacial score (nSPS) is 11.6. The molecule has 3 N–H and O–H groups in total. The van der Waals surface area contributed by atoms with Crippen LogP contribution in [0.4, 0.5) is 48.5 Å². The Bertz CT molecular complexity index is 1670. The van der Waals surface area contributed by atoms with Gasteiger partial charge >= 0.3 is 18.3 Å². The maximum absolute atomic E-state index is 13.7. The Kier molecular flexibility index (Phi) is 12.4. The molecule has 0 radical (unpaired) electrons. The summed E-state index contributed by atoms with van der Waals surface area (Å²) in [6, 6.07) is 27.3. The molecule has 0 aliphatic carbocycles. The van der Waals surface area contributed by atoms with Crippen molar-refractivity contribution in [3.05, 3.63) is 108 Å². The van der Waals surface area contributed by atoms with Crippen molar-refractivity contribution in [1.82, 2.24) is 0 Å². The number of hydrogen-bond donors (Lipinski definition) is 3. The van der Waals surface area contributed by atoms with E-state index in [1.54, 1.807) is 117 Å². The van der Waals surface area contributed by atoms with E-state index >= 15 is 0 Å². The molecule has 4 rings (SSSR count). The molecule has 4 aromatic carbocycles. The van der Waals surface area contributed by atoms with Crippen LogP contribution in [0.1, 0.15) is 79.0 Å². The summed E-state index contributed by atoms with van der Waals surface area (Å²) in [5, 5.41) is 3.89. The van der Waals surface area contributed by atoms with Gasteiger partial charge in [0, 0.05) is 0 Å². The number of amides is 3. The van der Waals surface area contributed by atoms with Crippen LogP contribution in [0.5, 0.6) is 0 Å². The van der Waals surface area contributed by atoms with Crippen molar-refractivity contribution in [1.29, 1.82) is 0 Å². The lowest BCUT2D eigenvalue weighted by atomic mass is 10.2. The number of hydrogen-bond acceptors (Lipinski definition) is 9. The maximum atomic E-state index is 13.7. The average molecular weight is 739 g/mol. The predicted octanol–water partition coefficient (Wildman–Crippen LogP) is 10.9. The average Bonchev–Trinajstić information content (AvgIpc) is 3.04. The van der Waals surface area contributed by atoms with Crippen LogP contribution in [0.2, 0.25) is 0 Å². The van der Waals surface area contributed by atoms with E-state index in [-0.39, 0.29) is 0 Å². The lowest BCUT2D eigenvalue weighted by Gasteiger charge is -2.31. The van der Waals surface area contributed by atoms with Crippen molar-refractivity contribution in [3.8, 4) is 0 Å². The second-order valence-corrected chi connectivity index (χ2v) is 16.1. The predicted molar refractivity (Wildman–Crippen MR) is 217 cm³/mol. The van der Waals surface area contributed by atoms with Crippen molar-refractivity contribution < 1.29 is 28.6 Å². The third-order valence-corrected chi connectivity index (χ3v) is 7.26. The molecule has 12 heteroatoms. The minimum Gasteiger partial charge on any atom is -0.442 e. The summed E-state index contributed by atoms with van der Waals surface area (Å²) < 4.78 is 17.4. The number of aryl methyl sites for hydroxylation is 3. The summed E-state index contributed by atoms with van der Waals surface area (Å²) in [4.78, 5) is 41.1. The molecule has 54 heavy (non-hydrogen) atoms. The zero-order valence-corrected chi connectivity index (χ0v) is 33.5. The largest absolute Gasteiger partial charge is 0.442 e. The minimum absolute atomic E-state index is 0.398. The Labute approximate surface area is 319 Å². The van der Waals surface area contributed by atoms with Gasteiger partial charge in [0.15, 0.2) is 0 Å². The number of hydrazine groups is 3. The van der Waals surface area contributed by atoms with E-state index in [1.807, 2.05) is 57.2 Å². The third-order valence-electron chi connectivity index (χ3n) is 7.26. The van der Waals surface area contributed by atoms with Gasteiger partial charge in [-0.1, -0.05) is 53.1 Å². The number of carbonyl (C=O) groups excluding carboxylic acids is 3. The molecule has 0 bridgehead atoms. The first-order valence-corrected chi connectivity index (χ1v) is 17.8. The molecule has 4 aromatic rings. The number of nitrogens with zero attached hydrogens (tertiary/aromatic N) is 3. The summed E-state index contributed by atoms with van der Waals surface area (Å²) in [6.07, 6.45) is -1.95. The first kappa shape index (κ1) is 40.9. The Morgan fingerprint density at radius 2 is 0.611 bits per heavy atom. The van der Waals surface area contributed by atoms with Gasteiger partial charge in [-0.15, -0.1) is 0 Å². The van der Waals surface area contributed by atoms with Crippen LogP contribution in [0.25, 0.3) is 0 Å². The van der Waals surface area contributed by atoms with Crippen LogP contribution in [0.3, 0.4) is 0 Å². The van der Waals surface area contributed by atoms with E-state index in [0.29, 0.717) is 34.1 Å². The summed E-state index contributed by atoms with van der Waals surface area (Å²) in [5.41, 5.74) is 13.0. The molecule has 0 atom stereocenters. The Balaban J connectivity index is 1.87. The molecule has 0 unspecified atom stereocenters. The zero-order chi connectivity index (χ0) is 40.0. The highest BCUT2D eigenvalue weighted by Crippen LogP contribution is 2.30.